The van der Waals surface area contributed by atoms with Crippen molar-refractivity contribution in [1.82, 2.24) is 0 Å². The quantitative estimate of drug-likeness (QED) is 0.458. The van der Waals surface area contributed by atoms with Gasteiger partial charge in [-0.05, 0) is 52.9 Å². The first-order valence-corrected chi connectivity index (χ1v) is 7.04. The summed E-state index contributed by atoms with van der Waals surface area (Å²) in [5.74, 6) is -1.45. The van der Waals surface area contributed by atoms with Crippen molar-refractivity contribution in [3.63, 3.8) is 0 Å². The number of hydrogen-bond acceptors (Lipinski definition) is 3. The molecule has 0 aliphatic rings. The van der Waals surface area contributed by atoms with Gasteiger partial charge >= 0.3 is 5.69 Å². The van der Waals surface area contributed by atoms with Gasteiger partial charge in [0.2, 0.25) is 5.82 Å². The summed E-state index contributed by atoms with van der Waals surface area (Å²) in [5, 5.41) is 13.5. The Morgan fingerprint density at radius 1 is 1.29 bits per heavy atom. The van der Waals surface area contributed by atoms with E-state index in [0.717, 1.165) is 12.1 Å². The SMILES string of the molecule is O=C(Nc1ccc(F)c([N+](=O)[O-])c1)c1cc(Cl)ccc1I. The number of amides is 1. The Kier molecular flexibility index (Phi) is 4.73. The van der Waals surface area contributed by atoms with Crippen LogP contribution in [0.4, 0.5) is 15.8 Å². The van der Waals surface area contributed by atoms with Gasteiger partial charge in [-0.1, -0.05) is 11.6 Å². The third-order valence-electron chi connectivity index (χ3n) is 2.57. The van der Waals surface area contributed by atoms with E-state index in [2.05, 4.69) is 5.32 Å². The van der Waals surface area contributed by atoms with Crippen LogP contribution in [0.3, 0.4) is 0 Å². The molecule has 0 saturated heterocycles. The van der Waals surface area contributed by atoms with E-state index in [1.54, 1.807) is 12.1 Å². The molecule has 0 spiro atoms. The highest BCUT2D eigenvalue weighted by molar-refractivity contribution is 14.1. The molecular weight excluding hydrogens is 414 g/mol. The van der Waals surface area contributed by atoms with Crippen molar-refractivity contribution >= 4 is 51.5 Å². The number of rotatable bonds is 3. The lowest BCUT2D eigenvalue weighted by Crippen LogP contribution is -2.13. The highest BCUT2D eigenvalue weighted by Crippen LogP contribution is 2.23. The van der Waals surface area contributed by atoms with Crippen molar-refractivity contribution < 1.29 is 14.1 Å². The Hall–Kier alpha value is -1.74. The van der Waals surface area contributed by atoms with E-state index in [4.69, 9.17) is 11.6 Å². The van der Waals surface area contributed by atoms with Gasteiger partial charge in [-0.2, -0.15) is 4.39 Å². The molecule has 0 atom stereocenters. The number of halogens is 3. The smallest absolute Gasteiger partial charge is 0.306 e. The minimum Gasteiger partial charge on any atom is -0.322 e. The zero-order valence-corrected chi connectivity index (χ0v) is 13.2. The molecule has 5 nitrogen and oxygen atoms in total. The molecule has 0 aliphatic heterocycles. The second kappa shape index (κ2) is 6.35. The van der Waals surface area contributed by atoms with Gasteiger partial charge in [0.25, 0.3) is 5.91 Å². The number of nitro benzene ring substituents is 1. The third kappa shape index (κ3) is 3.67. The van der Waals surface area contributed by atoms with Gasteiger partial charge in [-0.25, -0.2) is 0 Å². The zero-order valence-electron chi connectivity index (χ0n) is 10.3. The molecule has 108 valence electrons. The van der Waals surface area contributed by atoms with Gasteiger partial charge in [-0.15, -0.1) is 0 Å². The lowest BCUT2D eigenvalue weighted by atomic mass is 10.2. The van der Waals surface area contributed by atoms with Crippen LogP contribution >= 0.6 is 34.2 Å². The van der Waals surface area contributed by atoms with Crippen LogP contribution in [0.2, 0.25) is 5.02 Å². The summed E-state index contributed by atoms with van der Waals surface area (Å²) in [6.07, 6.45) is 0. The maximum Gasteiger partial charge on any atom is 0.306 e. The van der Waals surface area contributed by atoms with Crippen LogP contribution < -0.4 is 5.32 Å². The van der Waals surface area contributed by atoms with Crippen LogP contribution in [0.1, 0.15) is 10.4 Å². The van der Waals surface area contributed by atoms with Gasteiger partial charge in [-0.3, -0.25) is 14.9 Å². The summed E-state index contributed by atoms with van der Waals surface area (Å²) < 4.78 is 13.9. The van der Waals surface area contributed by atoms with Gasteiger partial charge in [0.05, 0.1) is 10.5 Å². The molecule has 2 aromatic rings. The molecular formula is C13H7ClFIN2O3. The molecule has 0 saturated carbocycles. The van der Waals surface area contributed by atoms with E-state index < -0.39 is 22.3 Å². The second-order valence-corrected chi connectivity index (χ2v) is 5.60. The molecule has 0 fully saturated rings. The summed E-state index contributed by atoms with van der Waals surface area (Å²) in [5.41, 5.74) is -0.243. The number of nitrogens with one attached hydrogen (secondary N) is 1. The molecule has 1 amide bonds. The van der Waals surface area contributed by atoms with Crippen LogP contribution in [-0.2, 0) is 0 Å². The van der Waals surface area contributed by atoms with Crippen molar-refractivity contribution in [3.05, 3.63) is 66.5 Å². The fourth-order valence-corrected chi connectivity index (χ4v) is 2.35. The highest BCUT2D eigenvalue weighted by atomic mass is 127. The molecule has 0 aliphatic carbocycles. The molecule has 0 unspecified atom stereocenters. The number of hydrogen-bond donors (Lipinski definition) is 1. The Morgan fingerprint density at radius 2 is 2.00 bits per heavy atom. The number of anilines is 1. The van der Waals surface area contributed by atoms with Crippen molar-refractivity contribution in [2.45, 2.75) is 0 Å². The van der Waals surface area contributed by atoms with Gasteiger partial charge in [0.1, 0.15) is 0 Å². The van der Waals surface area contributed by atoms with Crippen molar-refractivity contribution in [2.75, 3.05) is 5.32 Å². The summed E-state index contributed by atoms with van der Waals surface area (Å²) in [6.45, 7) is 0. The number of carbonyl (C=O) groups is 1. The van der Waals surface area contributed by atoms with E-state index in [0.29, 0.717) is 14.2 Å². The van der Waals surface area contributed by atoms with Gasteiger partial charge in [0, 0.05) is 20.3 Å². The summed E-state index contributed by atoms with van der Waals surface area (Å²) in [6, 6.07) is 7.93. The first-order valence-electron chi connectivity index (χ1n) is 5.59. The highest BCUT2D eigenvalue weighted by Gasteiger charge is 2.16. The van der Waals surface area contributed by atoms with Gasteiger partial charge < -0.3 is 5.32 Å². The lowest BCUT2D eigenvalue weighted by Gasteiger charge is -2.07. The average molecular weight is 421 g/mol. The third-order valence-corrected chi connectivity index (χ3v) is 3.75. The molecule has 0 heterocycles. The van der Waals surface area contributed by atoms with Crippen LogP contribution in [0, 0.1) is 19.5 Å². The van der Waals surface area contributed by atoms with Crippen molar-refractivity contribution in [2.24, 2.45) is 0 Å². The van der Waals surface area contributed by atoms with E-state index in [-0.39, 0.29) is 5.69 Å². The largest absolute Gasteiger partial charge is 0.322 e. The fraction of sp³-hybridized carbons (Fsp3) is 0. The van der Waals surface area contributed by atoms with E-state index >= 15 is 0 Å². The normalized spacial score (nSPS) is 10.2. The molecule has 2 aromatic carbocycles. The summed E-state index contributed by atoms with van der Waals surface area (Å²) >= 11 is 7.80. The summed E-state index contributed by atoms with van der Waals surface area (Å²) in [7, 11) is 0. The molecule has 21 heavy (non-hydrogen) atoms. The molecule has 0 radical (unpaired) electrons. The minimum atomic E-state index is -0.963. The molecule has 0 bridgehead atoms. The maximum atomic E-state index is 13.2. The predicted octanol–water partition coefficient (Wildman–Crippen LogP) is 4.24. The molecule has 0 aromatic heterocycles. The predicted molar refractivity (Wildman–Crippen MR) is 85.2 cm³/mol. The zero-order chi connectivity index (χ0) is 15.6. The van der Waals surface area contributed by atoms with Crippen molar-refractivity contribution in [1.29, 1.82) is 0 Å². The Balaban J connectivity index is 2.29. The van der Waals surface area contributed by atoms with Crippen LogP contribution in [0.15, 0.2) is 36.4 Å². The minimum absolute atomic E-state index is 0.129. The van der Waals surface area contributed by atoms with E-state index in [9.17, 15) is 19.3 Å². The summed E-state index contributed by atoms with van der Waals surface area (Å²) in [4.78, 5) is 21.9. The second-order valence-electron chi connectivity index (χ2n) is 4.00. The van der Waals surface area contributed by atoms with Crippen molar-refractivity contribution in [3.8, 4) is 0 Å². The van der Waals surface area contributed by atoms with Gasteiger partial charge in [0.15, 0.2) is 0 Å². The average Bonchev–Trinajstić information content (AvgIpc) is 2.43. The van der Waals surface area contributed by atoms with Crippen LogP contribution in [-0.4, -0.2) is 10.8 Å². The number of carbonyl (C=O) groups excluding carboxylic acids is 1. The Bertz CT molecular complexity index is 739. The number of nitro groups is 1. The van der Waals surface area contributed by atoms with Crippen LogP contribution in [0.25, 0.3) is 0 Å². The maximum absolute atomic E-state index is 13.2. The first kappa shape index (κ1) is 15.6. The molecule has 1 N–H and O–H groups in total. The fourth-order valence-electron chi connectivity index (χ4n) is 1.60. The van der Waals surface area contributed by atoms with E-state index in [1.165, 1.54) is 12.1 Å². The lowest BCUT2D eigenvalue weighted by molar-refractivity contribution is -0.387. The van der Waals surface area contributed by atoms with Crippen LogP contribution in [0.5, 0.6) is 0 Å². The molecule has 2 rings (SSSR count). The standard InChI is InChI=1S/C13H7ClFIN2O3/c14-7-1-4-11(16)9(5-7)13(19)17-8-2-3-10(15)12(6-8)18(20)21/h1-6H,(H,17,19). The first-order chi connectivity index (χ1) is 9.88. The number of nitrogens with zero attached hydrogens (tertiary/aromatic N) is 1. The Morgan fingerprint density at radius 3 is 2.67 bits per heavy atom. The topological polar surface area (TPSA) is 72.2 Å². The van der Waals surface area contributed by atoms with E-state index in [1.807, 2.05) is 22.6 Å². The molecule has 8 heteroatoms. The number of benzene rings is 2. The Labute approximate surface area is 137 Å². The monoisotopic (exact) mass is 420 g/mol.